The number of hydrogen-bond donors (Lipinski definition) is 0. The topological polar surface area (TPSA) is 79.9 Å². The SMILES string of the molecule is COc1cccc(CSc2nnc3n(CCc4ccc(OC)c(OC)c4)c(=O)c4sccc4n23)c1. The van der Waals surface area contributed by atoms with Gasteiger partial charge in [-0.25, -0.2) is 0 Å². The molecule has 0 spiro atoms. The first-order valence-electron chi connectivity index (χ1n) is 10.9. The van der Waals surface area contributed by atoms with Gasteiger partial charge in [-0.3, -0.25) is 13.8 Å². The molecule has 0 atom stereocenters. The molecule has 5 rings (SSSR count). The van der Waals surface area contributed by atoms with Gasteiger partial charge in [0.05, 0.1) is 26.8 Å². The van der Waals surface area contributed by atoms with E-state index in [9.17, 15) is 4.79 Å². The molecule has 0 saturated heterocycles. The molecule has 0 unspecified atom stereocenters. The molecule has 35 heavy (non-hydrogen) atoms. The van der Waals surface area contributed by atoms with Gasteiger partial charge in [0.15, 0.2) is 16.7 Å². The van der Waals surface area contributed by atoms with E-state index in [1.807, 2.05) is 52.2 Å². The van der Waals surface area contributed by atoms with Gasteiger partial charge >= 0.3 is 0 Å². The van der Waals surface area contributed by atoms with Crippen LogP contribution in [0.3, 0.4) is 0 Å². The van der Waals surface area contributed by atoms with Gasteiger partial charge in [0.2, 0.25) is 5.78 Å². The van der Waals surface area contributed by atoms with Crippen LogP contribution in [0.1, 0.15) is 11.1 Å². The molecular weight excluding hydrogens is 484 g/mol. The lowest BCUT2D eigenvalue weighted by molar-refractivity contribution is 0.354. The number of fused-ring (bicyclic) bond motifs is 3. The van der Waals surface area contributed by atoms with Crippen LogP contribution in [0, 0.1) is 0 Å². The molecule has 0 aliphatic rings. The number of hydrogen-bond acceptors (Lipinski definition) is 8. The number of rotatable bonds is 9. The summed E-state index contributed by atoms with van der Waals surface area (Å²) in [5.74, 6) is 3.39. The Labute approximate surface area is 210 Å². The van der Waals surface area contributed by atoms with Crippen LogP contribution < -0.4 is 19.8 Å². The van der Waals surface area contributed by atoms with Crippen molar-refractivity contribution in [1.82, 2.24) is 19.2 Å². The molecule has 2 aromatic carbocycles. The molecule has 0 bridgehead atoms. The number of aromatic nitrogens is 4. The van der Waals surface area contributed by atoms with Gasteiger partial charge in [0.1, 0.15) is 10.4 Å². The second kappa shape index (κ2) is 10.0. The first-order valence-corrected chi connectivity index (χ1v) is 12.8. The highest BCUT2D eigenvalue weighted by Crippen LogP contribution is 2.29. The number of benzene rings is 2. The fourth-order valence-electron chi connectivity index (χ4n) is 3.98. The van der Waals surface area contributed by atoms with Crippen LogP contribution in [0.15, 0.2) is 63.9 Å². The Kier molecular flexibility index (Phi) is 6.65. The molecule has 180 valence electrons. The third-order valence-corrected chi connectivity index (χ3v) is 7.65. The first-order chi connectivity index (χ1) is 17.1. The Balaban J connectivity index is 1.48. The van der Waals surface area contributed by atoms with Crippen molar-refractivity contribution in [3.63, 3.8) is 0 Å². The molecule has 3 heterocycles. The molecule has 3 aromatic heterocycles. The maximum Gasteiger partial charge on any atom is 0.272 e. The van der Waals surface area contributed by atoms with E-state index in [-0.39, 0.29) is 5.56 Å². The smallest absolute Gasteiger partial charge is 0.272 e. The first kappa shape index (κ1) is 23.3. The quantitative estimate of drug-likeness (QED) is 0.268. The summed E-state index contributed by atoms with van der Waals surface area (Å²) in [6.07, 6.45) is 0.631. The number of methoxy groups -OCH3 is 3. The standard InChI is InChI=1S/C25H24N4O4S2/c1-31-18-6-4-5-17(13-18)15-35-25-27-26-24-28(23(30)22-19(29(24)25)10-12-34-22)11-9-16-7-8-20(32-2)21(14-16)33-3/h4-8,10,12-14H,9,11,15H2,1-3H3. The zero-order chi connectivity index (χ0) is 24.4. The number of aryl methyl sites for hydroxylation is 2. The lowest BCUT2D eigenvalue weighted by Crippen LogP contribution is -2.23. The van der Waals surface area contributed by atoms with Gasteiger partial charge < -0.3 is 14.2 Å². The predicted octanol–water partition coefficient (Wildman–Crippen LogP) is 4.67. The largest absolute Gasteiger partial charge is 0.497 e. The summed E-state index contributed by atoms with van der Waals surface area (Å²) >= 11 is 3.01. The van der Waals surface area contributed by atoms with Crippen LogP contribution in [0.25, 0.3) is 16.0 Å². The van der Waals surface area contributed by atoms with Crippen molar-refractivity contribution in [2.24, 2.45) is 0 Å². The molecule has 5 aromatic rings. The third kappa shape index (κ3) is 4.46. The molecule has 0 saturated carbocycles. The summed E-state index contributed by atoms with van der Waals surface area (Å²) in [5, 5.41) is 11.5. The fourth-order valence-corrected chi connectivity index (χ4v) is 5.69. The summed E-state index contributed by atoms with van der Waals surface area (Å²) < 4.78 is 20.5. The maximum atomic E-state index is 13.3. The highest BCUT2D eigenvalue weighted by atomic mass is 32.2. The van der Waals surface area contributed by atoms with Crippen molar-refractivity contribution in [2.75, 3.05) is 21.3 Å². The van der Waals surface area contributed by atoms with E-state index in [0.717, 1.165) is 27.5 Å². The van der Waals surface area contributed by atoms with Crippen LogP contribution in [0.2, 0.25) is 0 Å². The van der Waals surface area contributed by atoms with E-state index >= 15 is 0 Å². The number of thioether (sulfide) groups is 1. The molecule has 0 fully saturated rings. The van der Waals surface area contributed by atoms with Crippen LogP contribution in [-0.2, 0) is 18.7 Å². The average molecular weight is 509 g/mol. The van der Waals surface area contributed by atoms with Gasteiger partial charge in [0.25, 0.3) is 5.56 Å². The minimum absolute atomic E-state index is 0.0558. The van der Waals surface area contributed by atoms with Crippen LogP contribution in [0.4, 0.5) is 0 Å². The zero-order valence-electron chi connectivity index (χ0n) is 19.6. The average Bonchev–Trinajstić information content (AvgIpc) is 3.55. The molecule has 0 radical (unpaired) electrons. The molecular formula is C25H24N4O4S2. The minimum Gasteiger partial charge on any atom is -0.497 e. The van der Waals surface area contributed by atoms with Crippen molar-refractivity contribution in [2.45, 2.75) is 23.9 Å². The van der Waals surface area contributed by atoms with Gasteiger partial charge in [-0.1, -0.05) is 30.0 Å². The second-order valence-electron chi connectivity index (χ2n) is 7.79. The van der Waals surface area contributed by atoms with Crippen LogP contribution in [-0.4, -0.2) is 40.5 Å². The molecule has 0 amide bonds. The summed E-state index contributed by atoms with van der Waals surface area (Å²) in [4.78, 5) is 13.3. The molecule has 8 nitrogen and oxygen atoms in total. The van der Waals surface area contributed by atoms with E-state index in [1.54, 1.807) is 37.7 Å². The number of ether oxygens (including phenoxy) is 3. The summed E-state index contributed by atoms with van der Waals surface area (Å²) in [6.45, 7) is 0.463. The molecule has 0 aliphatic carbocycles. The lowest BCUT2D eigenvalue weighted by Gasteiger charge is -2.12. The molecule has 0 N–H and O–H groups in total. The Morgan fingerprint density at radius 1 is 0.943 bits per heavy atom. The normalized spacial score (nSPS) is 11.3. The van der Waals surface area contributed by atoms with Crippen LogP contribution >= 0.6 is 23.1 Å². The van der Waals surface area contributed by atoms with Crippen molar-refractivity contribution >= 4 is 39.1 Å². The van der Waals surface area contributed by atoms with Crippen molar-refractivity contribution in [1.29, 1.82) is 0 Å². The van der Waals surface area contributed by atoms with Gasteiger partial charge in [0, 0.05) is 12.3 Å². The van der Waals surface area contributed by atoms with E-state index in [1.165, 1.54) is 11.3 Å². The van der Waals surface area contributed by atoms with Crippen molar-refractivity contribution in [3.05, 3.63) is 75.4 Å². The summed E-state index contributed by atoms with van der Waals surface area (Å²) in [7, 11) is 4.88. The van der Waals surface area contributed by atoms with Gasteiger partial charge in [-0.15, -0.1) is 21.5 Å². The lowest BCUT2D eigenvalue weighted by atomic mass is 10.1. The van der Waals surface area contributed by atoms with E-state index in [2.05, 4.69) is 16.3 Å². The van der Waals surface area contributed by atoms with Crippen molar-refractivity contribution in [3.8, 4) is 17.2 Å². The minimum atomic E-state index is -0.0558. The van der Waals surface area contributed by atoms with Crippen molar-refractivity contribution < 1.29 is 14.2 Å². The summed E-state index contributed by atoms with van der Waals surface area (Å²) in [6, 6.07) is 15.7. The van der Waals surface area contributed by atoms with E-state index in [0.29, 0.717) is 40.7 Å². The van der Waals surface area contributed by atoms with Crippen LogP contribution in [0.5, 0.6) is 17.2 Å². The van der Waals surface area contributed by atoms with Gasteiger partial charge in [-0.2, -0.15) is 0 Å². The number of thiophene rings is 1. The van der Waals surface area contributed by atoms with E-state index < -0.39 is 0 Å². The Morgan fingerprint density at radius 2 is 1.80 bits per heavy atom. The Morgan fingerprint density at radius 3 is 2.60 bits per heavy atom. The monoisotopic (exact) mass is 508 g/mol. The fraction of sp³-hybridized carbons (Fsp3) is 0.240. The maximum absolute atomic E-state index is 13.3. The van der Waals surface area contributed by atoms with Gasteiger partial charge in [-0.05, 0) is 53.3 Å². The highest BCUT2D eigenvalue weighted by molar-refractivity contribution is 7.98. The second-order valence-corrected chi connectivity index (χ2v) is 9.65. The highest BCUT2D eigenvalue weighted by Gasteiger charge is 2.18. The third-order valence-electron chi connectivity index (χ3n) is 5.76. The summed E-state index contributed by atoms with van der Waals surface area (Å²) in [5.41, 5.74) is 2.93. The number of nitrogens with zero attached hydrogens (tertiary/aromatic N) is 4. The Hall–Kier alpha value is -3.50. The molecule has 10 heteroatoms. The molecule has 0 aliphatic heterocycles. The van der Waals surface area contributed by atoms with E-state index in [4.69, 9.17) is 14.2 Å². The predicted molar refractivity (Wildman–Crippen MR) is 138 cm³/mol. The Bertz CT molecular complexity index is 1560. The zero-order valence-corrected chi connectivity index (χ0v) is 21.2.